The van der Waals surface area contributed by atoms with Crippen molar-refractivity contribution in [2.45, 2.75) is 38.5 Å². The Kier molecular flexibility index (Phi) is 4.99. The number of nitrogens with two attached hydrogens (primary N) is 1. The smallest absolute Gasteiger partial charge is 0.183 e. The van der Waals surface area contributed by atoms with Crippen LogP contribution in [0, 0.1) is 12.7 Å². The number of anilines is 2. The predicted molar refractivity (Wildman–Crippen MR) is 121 cm³/mol. The number of aldehydes is 1. The summed E-state index contributed by atoms with van der Waals surface area (Å²) in [5, 5.41) is 3.15. The van der Waals surface area contributed by atoms with Gasteiger partial charge in [0.2, 0.25) is 0 Å². The molecule has 33 heavy (non-hydrogen) atoms. The van der Waals surface area contributed by atoms with Gasteiger partial charge in [0.15, 0.2) is 11.5 Å². The predicted octanol–water partition coefficient (Wildman–Crippen LogP) is 2.86. The number of rotatable bonds is 6. The molecule has 4 aromatic rings. The molecule has 5 rings (SSSR count). The van der Waals surface area contributed by atoms with E-state index in [-0.39, 0.29) is 12.4 Å². The first kappa shape index (κ1) is 20.9. The van der Waals surface area contributed by atoms with Gasteiger partial charge >= 0.3 is 0 Å². The average Bonchev–Trinajstić information content (AvgIpc) is 3.38. The molecule has 9 nitrogen and oxygen atoms in total. The molecule has 0 spiro atoms. The number of nitrogens with one attached hydrogen (secondary N) is 1. The normalized spacial score (nSPS) is 17.2. The molecule has 5 heterocycles. The Morgan fingerprint density at radius 3 is 2.82 bits per heavy atom. The molecule has 3 N–H and O–H groups in total. The third-order valence-corrected chi connectivity index (χ3v) is 5.93. The summed E-state index contributed by atoms with van der Waals surface area (Å²) in [5.74, 6) is 0.450. The summed E-state index contributed by atoms with van der Waals surface area (Å²) in [7, 11) is 0. The fourth-order valence-electron chi connectivity index (χ4n) is 4.29. The number of hydrogen-bond acceptors (Lipinski definition) is 8. The van der Waals surface area contributed by atoms with Gasteiger partial charge < -0.3 is 20.2 Å². The van der Waals surface area contributed by atoms with Gasteiger partial charge in [-0.1, -0.05) is 13.3 Å². The molecule has 0 fully saturated rings. The first-order valence-corrected chi connectivity index (χ1v) is 10.8. The van der Waals surface area contributed by atoms with Crippen LogP contribution in [0.5, 0.6) is 0 Å². The van der Waals surface area contributed by atoms with E-state index in [4.69, 9.17) is 10.7 Å². The SMILES string of the molecule is CCCCc1nc(-c2nc(N)c3c(n2)NCC3(C=O)c2ccc(F)cn2)cn2cc(C)nc12. The highest BCUT2D eigenvalue weighted by molar-refractivity contribution is 5.85. The van der Waals surface area contributed by atoms with Gasteiger partial charge in [0.05, 0.1) is 28.8 Å². The Labute approximate surface area is 189 Å². The molecular formula is C23H23FN8O. The Morgan fingerprint density at radius 1 is 1.24 bits per heavy atom. The molecule has 1 atom stereocenters. The van der Waals surface area contributed by atoms with Gasteiger partial charge in [0, 0.05) is 18.9 Å². The van der Waals surface area contributed by atoms with E-state index in [2.05, 4.69) is 32.2 Å². The maximum atomic E-state index is 13.4. The molecule has 10 heteroatoms. The van der Waals surface area contributed by atoms with Gasteiger partial charge in [-0.15, -0.1) is 0 Å². The minimum Gasteiger partial charge on any atom is -0.383 e. The van der Waals surface area contributed by atoms with E-state index in [1.807, 2.05) is 23.7 Å². The van der Waals surface area contributed by atoms with Crippen LogP contribution in [0.1, 0.15) is 42.4 Å². The lowest BCUT2D eigenvalue weighted by atomic mass is 9.81. The second-order valence-electron chi connectivity index (χ2n) is 8.25. The Morgan fingerprint density at radius 2 is 2.09 bits per heavy atom. The van der Waals surface area contributed by atoms with Crippen LogP contribution in [0.3, 0.4) is 0 Å². The van der Waals surface area contributed by atoms with Crippen molar-refractivity contribution < 1.29 is 9.18 Å². The van der Waals surface area contributed by atoms with Crippen LogP contribution in [-0.4, -0.2) is 42.2 Å². The number of carbonyl (C=O) groups is 1. The van der Waals surface area contributed by atoms with Crippen LogP contribution in [-0.2, 0) is 16.6 Å². The lowest BCUT2D eigenvalue weighted by molar-refractivity contribution is -0.111. The maximum absolute atomic E-state index is 13.4. The van der Waals surface area contributed by atoms with Crippen LogP contribution >= 0.6 is 0 Å². The van der Waals surface area contributed by atoms with Gasteiger partial charge in [-0.25, -0.2) is 24.3 Å². The van der Waals surface area contributed by atoms with Crippen molar-refractivity contribution in [3.8, 4) is 11.5 Å². The van der Waals surface area contributed by atoms with Crippen LogP contribution in [0.4, 0.5) is 16.0 Å². The van der Waals surface area contributed by atoms with Crippen molar-refractivity contribution in [3.05, 3.63) is 59.2 Å². The number of unbranched alkanes of at least 4 members (excludes halogenated alkanes) is 1. The second kappa shape index (κ2) is 7.88. The number of imidazole rings is 1. The van der Waals surface area contributed by atoms with E-state index in [0.717, 1.165) is 48.8 Å². The topological polar surface area (TPSA) is 124 Å². The van der Waals surface area contributed by atoms with Crippen molar-refractivity contribution >= 4 is 23.6 Å². The monoisotopic (exact) mass is 446 g/mol. The summed E-state index contributed by atoms with van der Waals surface area (Å²) in [6.07, 6.45) is 8.40. The molecule has 1 unspecified atom stereocenters. The zero-order chi connectivity index (χ0) is 23.2. The molecule has 0 aromatic carbocycles. The molecule has 0 bridgehead atoms. The van der Waals surface area contributed by atoms with E-state index in [0.29, 0.717) is 28.6 Å². The summed E-state index contributed by atoms with van der Waals surface area (Å²) < 4.78 is 15.3. The summed E-state index contributed by atoms with van der Waals surface area (Å²) in [6.45, 7) is 4.26. The first-order valence-electron chi connectivity index (χ1n) is 10.8. The fourth-order valence-corrected chi connectivity index (χ4v) is 4.29. The summed E-state index contributed by atoms with van der Waals surface area (Å²) in [5.41, 5.74) is 9.13. The number of halogens is 1. The molecule has 0 saturated carbocycles. The van der Waals surface area contributed by atoms with Crippen LogP contribution < -0.4 is 11.1 Å². The number of aromatic nitrogens is 6. The summed E-state index contributed by atoms with van der Waals surface area (Å²) >= 11 is 0. The van der Waals surface area contributed by atoms with Gasteiger partial charge in [-0.3, -0.25) is 4.98 Å². The van der Waals surface area contributed by atoms with Gasteiger partial charge in [0.25, 0.3) is 0 Å². The number of hydrogen-bond donors (Lipinski definition) is 2. The lowest BCUT2D eigenvalue weighted by Gasteiger charge is -2.22. The van der Waals surface area contributed by atoms with Crippen molar-refractivity contribution in [1.29, 1.82) is 0 Å². The Bertz CT molecular complexity index is 1370. The van der Waals surface area contributed by atoms with Crippen LogP contribution in [0.15, 0.2) is 30.7 Å². The molecule has 0 aliphatic carbocycles. The van der Waals surface area contributed by atoms with E-state index >= 15 is 0 Å². The van der Waals surface area contributed by atoms with Crippen molar-refractivity contribution in [2.24, 2.45) is 0 Å². The molecule has 0 saturated heterocycles. The molecule has 1 aliphatic rings. The van der Waals surface area contributed by atoms with Crippen molar-refractivity contribution in [2.75, 3.05) is 17.6 Å². The highest BCUT2D eigenvalue weighted by Gasteiger charge is 2.45. The number of aryl methyl sites for hydroxylation is 2. The molecule has 4 aromatic heterocycles. The third kappa shape index (κ3) is 3.38. The minimum atomic E-state index is -1.20. The fraction of sp³-hybridized carbons (Fsp3) is 0.304. The number of nitrogens with zero attached hydrogens (tertiary/aromatic N) is 6. The van der Waals surface area contributed by atoms with E-state index < -0.39 is 11.2 Å². The van der Waals surface area contributed by atoms with E-state index in [1.165, 1.54) is 12.1 Å². The summed E-state index contributed by atoms with van der Waals surface area (Å²) in [6, 6.07) is 2.74. The zero-order valence-corrected chi connectivity index (χ0v) is 18.3. The van der Waals surface area contributed by atoms with E-state index in [9.17, 15) is 9.18 Å². The maximum Gasteiger partial charge on any atom is 0.183 e. The molecule has 0 amide bonds. The van der Waals surface area contributed by atoms with Gasteiger partial charge in [0.1, 0.15) is 34.8 Å². The van der Waals surface area contributed by atoms with Crippen LogP contribution in [0.2, 0.25) is 0 Å². The minimum absolute atomic E-state index is 0.150. The standard InChI is InChI=1S/C23H23FN8O/c1-3-4-5-15-22-28-13(2)9-32(22)10-16(29-15)20-30-19(25)18-21(31-20)27-11-23(18,12-33)17-7-6-14(24)8-26-17/h6-10,12H,3-5,11H2,1-2H3,(H3,25,27,30,31). The van der Waals surface area contributed by atoms with Gasteiger partial charge in [-0.2, -0.15) is 0 Å². The first-order chi connectivity index (χ1) is 15.9. The Hall–Kier alpha value is -3.95. The molecule has 0 radical (unpaired) electrons. The van der Waals surface area contributed by atoms with Crippen molar-refractivity contribution in [3.63, 3.8) is 0 Å². The highest BCUT2D eigenvalue weighted by Crippen LogP contribution is 2.42. The third-order valence-electron chi connectivity index (χ3n) is 5.93. The quantitative estimate of drug-likeness (QED) is 0.433. The molecule has 168 valence electrons. The largest absolute Gasteiger partial charge is 0.383 e. The van der Waals surface area contributed by atoms with Crippen molar-refractivity contribution in [1.82, 2.24) is 29.3 Å². The Balaban J connectivity index is 1.63. The van der Waals surface area contributed by atoms with E-state index in [1.54, 1.807) is 0 Å². The number of pyridine rings is 1. The summed E-state index contributed by atoms with van der Waals surface area (Å²) in [4.78, 5) is 34.9. The lowest BCUT2D eigenvalue weighted by Crippen LogP contribution is -2.33. The molecular weight excluding hydrogens is 423 g/mol. The highest BCUT2D eigenvalue weighted by atomic mass is 19.1. The van der Waals surface area contributed by atoms with Gasteiger partial charge in [-0.05, 0) is 31.9 Å². The zero-order valence-electron chi connectivity index (χ0n) is 18.3. The second-order valence-corrected chi connectivity index (χ2v) is 8.25. The number of fused-ring (bicyclic) bond motifs is 2. The van der Waals surface area contributed by atoms with Crippen LogP contribution in [0.25, 0.3) is 17.2 Å². The number of nitrogen functional groups attached to an aromatic ring is 1. The number of carbonyl (C=O) groups excluding carboxylic acids is 1. The molecule has 1 aliphatic heterocycles. The average molecular weight is 446 g/mol.